The smallest absolute Gasteiger partial charge is 0.253 e. The van der Waals surface area contributed by atoms with E-state index in [0.717, 1.165) is 0 Å². The summed E-state index contributed by atoms with van der Waals surface area (Å²) in [7, 11) is 1.49. The Bertz CT molecular complexity index is 426. The van der Waals surface area contributed by atoms with E-state index in [4.69, 9.17) is 21.6 Å². The zero-order chi connectivity index (χ0) is 10.7. The van der Waals surface area contributed by atoms with Crippen molar-refractivity contribution in [2.24, 2.45) is 0 Å². The van der Waals surface area contributed by atoms with Gasteiger partial charge in [-0.3, -0.25) is 4.79 Å². The Kier molecular flexibility index (Phi) is 3.72. The van der Waals surface area contributed by atoms with Crippen molar-refractivity contribution in [3.63, 3.8) is 0 Å². The molecule has 72 valence electrons. The molecule has 0 saturated carbocycles. The molecule has 0 aliphatic carbocycles. The third-order valence-corrected chi connectivity index (χ3v) is 2.68. The largest absolute Gasteiger partial charge is 0.497 e. The predicted molar refractivity (Wildman–Crippen MR) is 60.6 cm³/mol. The summed E-state index contributed by atoms with van der Waals surface area (Å²) in [6.45, 7) is 0. The molecule has 0 atom stereocenters. The fourth-order valence-electron chi connectivity index (χ4n) is 0.968. The van der Waals surface area contributed by atoms with Gasteiger partial charge < -0.3 is 4.74 Å². The van der Waals surface area contributed by atoms with Crippen molar-refractivity contribution in [2.75, 3.05) is 7.11 Å². The summed E-state index contributed by atoms with van der Waals surface area (Å²) in [6, 6.07) is 5.05. The summed E-state index contributed by atoms with van der Waals surface area (Å²) in [5.74, 6) is 0.511. The van der Waals surface area contributed by atoms with Gasteiger partial charge in [0.05, 0.1) is 18.2 Å². The number of carbonyl (C=O) groups is 1. The quantitative estimate of drug-likeness (QED) is 0.621. The van der Waals surface area contributed by atoms with Gasteiger partial charge in [-0.25, -0.2) is 0 Å². The summed E-state index contributed by atoms with van der Waals surface area (Å²) < 4.78 is 5.61. The Morgan fingerprint density at radius 2 is 2.29 bits per heavy atom. The first-order valence-electron chi connectivity index (χ1n) is 3.57. The maximum atomic E-state index is 11.0. The number of nitrogens with zero attached hydrogens (tertiary/aromatic N) is 1. The van der Waals surface area contributed by atoms with Crippen LogP contribution in [0.25, 0.3) is 0 Å². The van der Waals surface area contributed by atoms with Crippen LogP contribution in [0.3, 0.4) is 0 Å². The van der Waals surface area contributed by atoms with Crippen molar-refractivity contribution in [3.8, 4) is 11.8 Å². The highest BCUT2D eigenvalue weighted by atomic mass is 127. The molecule has 3 nitrogen and oxygen atoms in total. The lowest BCUT2D eigenvalue weighted by atomic mass is 10.1. The number of ether oxygens (including phenoxy) is 1. The Hall–Kier alpha value is -0.800. The van der Waals surface area contributed by atoms with E-state index in [1.165, 1.54) is 13.2 Å². The van der Waals surface area contributed by atoms with Gasteiger partial charge in [-0.15, -0.1) is 0 Å². The van der Waals surface area contributed by atoms with Crippen LogP contribution in [0, 0.1) is 14.9 Å². The minimum atomic E-state index is -0.654. The molecule has 0 amide bonds. The number of benzene rings is 1. The monoisotopic (exact) mass is 321 g/mol. The predicted octanol–water partition coefficient (Wildman–Crippen LogP) is 2.55. The average Bonchev–Trinajstić information content (AvgIpc) is 2.16. The fraction of sp³-hybridized carbons (Fsp3) is 0.111. The minimum Gasteiger partial charge on any atom is -0.497 e. The molecule has 5 heteroatoms. The molecule has 0 radical (unpaired) electrons. The molecule has 0 unspecified atom stereocenters. The highest BCUT2D eigenvalue weighted by molar-refractivity contribution is 14.1. The first kappa shape index (κ1) is 11.3. The number of rotatable bonds is 2. The lowest BCUT2D eigenvalue weighted by Crippen LogP contribution is -1.98. The van der Waals surface area contributed by atoms with E-state index in [2.05, 4.69) is 0 Å². The molecule has 1 aromatic carbocycles. The van der Waals surface area contributed by atoms with Crippen LogP contribution in [0.15, 0.2) is 12.1 Å². The first-order valence-corrected chi connectivity index (χ1v) is 5.03. The van der Waals surface area contributed by atoms with Gasteiger partial charge in [0.25, 0.3) is 5.24 Å². The van der Waals surface area contributed by atoms with E-state index in [9.17, 15) is 4.79 Å². The molecular formula is C9H5ClINO2. The van der Waals surface area contributed by atoms with Crippen molar-refractivity contribution >= 4 is 39.4 Å². The molecule has 0 bridgehead atoms. The molecular weight excluding hydrogens is 316 g/mol. The number of methoxy groups -OCH3 is 1. The van der Waals surface area contributed by atoms with E-state index in [1.807, 2.05) is 28.7 Å². The van der Waals surface area contributed by atoms with Crippen LogP contribution in [-0.4, -0.2) is 12.4 Å². The van der Waals surface area contributed by atoms with Gasteiger partial charge in [-0.1, -0.05) is 0 Å². The summed E-state index contributed by atoms with van der Waals surface area (Å²) >= 11 is 7.29. The highest BCUT2D eigenvalue weighted by Gasteiger charge is 2.14. The molecule has 0 aliphatic heterocycles. The third-order valence-electron chi connectivity index (χ3n) is 1.62. The molecule has 1 rings (SSSR count). The van der Waals surface area contributed by atoms with Crippen LogP contribution in [0.4, 0.5) is 0 Å². The van der Waals surface area contributed by atoms with E-state index in [1.54, 1.807) is 6.07 Å². The number of hydrogen-bond donors (Lipinski definition) is 0. The van der Waals surface area contributed by atoms with E-state index in [-0.39, 0.29) is 11.1 Å². The molecule has 0 fully saturated rings. The second kappa shape index (κ2) is 4.62. The van der Waals surface area contributed by atoms with Gasteiger partial charge in [0.2, 0.25) is 0 Å². The van der Waals surface area contributed by atoms with Crippen LogP contribution in [0.5, 0.6) is 5.75 Å². The molecule has 0 saturated heterocycles. The Morgan fingerprint density at radius 3 is 2.71 bits per heavy atom. The van der Waals surface area contributed by atoms with Crippen molar-refractivity contribution in [2.45, 2.75) is 0 Å². The topological polar surface area (TPSA) is 50.1 Å². The number of hydrogen-bond acceptors (Lipinski definition) is 3. The lowest BCUT2D eigenvalue weighted by molar-refractivity contribution is 0.108. The first-order chi connectivity index (χ1) is 6.60. The van der Waals surface area contributed by atoms with Crippen LogP contribution in [0.1, 0.15) is 15.9 Å². The molecule has 14 heavy (non-hydrogen) atoms. The average molecular weight is 322 g/mol. The van der Waals surface area contributed by atoms with Crippen molar-refractivity contribution in [1.82, 2.24) is 0 Å². The summed E-state index contributed by atoms with van der Waals surface area (Å²) in [6.07, 6.45) is 0. The fourth-order valence-corrected chi connectivity index (χ4v) is 1.84. The van der Waals surface area contributed by atoms with Gasteiger partial charge in [0.15, 0.2) is 0 Å². The Balaban J connectivity index is 3.45. The minimum absolute atomic E-state index is 0.179. The van der Waals surface area contributed by atoms with Gasteiger partial charge >= 0.3 is 0 Å². The number of nitriles is 1. The van der Waals surface area contributed by atoms with Crippen LogP contribution in [0.2, 0.25) is 0 Å². The summed E-state index contributed by atoms with van der Waals surface area (Å²) in [4.78, 5) is 11.0. The van der Waals surface area contributed by atoms with E-state index >= 15 is 0 Å². The van der Waals surface area contributed by atoms with Crippen molar-refractivity contribution < 1.29 is 9.53 Å². The molecule has 0 N–H and O–H groups in total. The maximum Gasteiger partial charge on any atom is 0.253 e. The lowest BCUT2D eigenvalue weighted by Gasteiger charge is -2.05. The molecule has 1 aromatic rings. The van der Waals surface area contributed by atoms with Crippen LogP contribution >= 0.6 is 34.2 Å². The van der Waals surface area contributed by atoms with E-state index < -0.39 is 5.24 Å². The second-order valence-corrected chi connectivity index (χ2v) is 3.92. The highest BCUT2D eigenvalue weighted by Crippen LogP contribution is 2.24. The molecule has 0 aromatic heterocycles. The maximum absolute atomic E-state index is 11.0. The Morgan fingerprint density at radius 1 is 1.64 bits per heavy atom. The summed E-state index contributed by atoms with van der Waals surface area (Å²) in [5, 5.41) is 8.15. The molecule has 0 heterocycles. The zero-order valence-electron chi connectivity index (χ0n) is 7.17. The number of halogens is 2. The summed E-state index contributed by atoms with van der Waals surface area (Å²) in [5.41, 5.74) is 0.462. The normalized spacial score (nSPS) is 9.29. The van der Waals surface area contributed by atoms with Gasteiger partial charge in [-0.2, -0.15) is 5.26 Å². The molecule has 0 spiro atoms. The van der Waals surface area contributed by atoms with Gasteiger partial charge in [0.1, 0.15) is 11.8 Å². The van der Waals surface area contributed by atoms with Crippen molar-refractivity contribution in [3.05, 3.63) is 26.8 Å². The molecule has 0 aliphatic rings. The standard InChI is InChI=1S/C9H5ClINO2/c1-14-5-2-6(9(10)13)7(4-12)8(11)3-5/h2-3H,1H3. The van der Waals surface area contributed by atoms with Crippen LogP contribution in [-0.2, 0) is 0 Å². The Labute approximate surface area is 99.8 Å². The van der Waals surface area contributed by atoms with Gasteiger partial charge in [-0.05, 0) is 46.3 Å². The second-order valence-electron chi connectivity index (χ2n) is 2.42. The SMILES string of the molecule is COc1cc(I)c(C#N)c(C(=O)Cl)c1. The van der Waals surface area contributed by atoms with Crippen molar-refractivity contribution in [1.29, 1.82) is 5.26 Å². The van der Waals surface area contributed by atoms with Gasteiger partial charge in [0, 0.05) is 3.57 Å². The van der Waals surface area contributed by atoms with E-state index in [0.29, 0.717) is 9.32 Å². The third kappa shape index (κ3) is 2.16. The number of carbonyl (C=O) groups excluding carboxylic acids is 1. The zero-order valence-corrected chi connectivity index (χ0v) is 10.1. The van der Waals surface area contributed by atoms with Crippen LogP contribution < -0.4 is 4.74 Å².